The fourth-order valence-corrected chi connectivity index (χ4v) is 9.74. The van der Waals surface area contributed by atoms with Crippen molar-refractivity contribution in [2.75, 3.05) is 61.2 Å². The molecule has 1 atom stereocenters. The number of hydrogen-bond donors (Lipinski definition) is 4. The number of nitrogens with two attached hydrogens (primary N) is 3. The molecule has 2 aliphatic heterocycles. The fraction of sp³-hybridized carbons (Fsp3) is 0.486. The van der Waals surface area contributed by atoms with Gasteiger partial charge in [0.05, 0.1) is 44.2 Å². The van der Waals surface area contributed by atoms with Gasteiger partial charge in [0.25, 0.3) is 0 Å². The molecule has 0 aromatic carbocycles. The van der Waals surface area contributed by atoms with E-state index in [4.69, 9.17) is 17.2 Å². The highest BCUT2D eigenvalue weighted by Gasteiger charge is 2.26. The Morgan fingerprint density at radius 1 is 0.807 bits per heavy atom. The number of carbonyl (C=O) groups is 2. The number of nitrogen functional groups attached to an aromatic ring is 2. The molecule has 6 heterocycles. The lowest BCUT2D eigenvalue weighted by Crippen LogP contribution is -2.42. The Balaban J connectivity index is 0.000000246. The van der Waals surface area contributed by atoms with Crippen LogP contribution in [0.25, 0.3) is 0 Å². The van der Waals surface area contributed by atoms with E-state index in [1.807, 2.05) is 36.7 Å². The predicted octanol–water partition coefficient (Wildman–Crippen LogP) is 3.29. The van der Waals surface area contributed by atoms with Gasteiger partial charge in [-0.1, -0.05) is 14.4 Å². The third-order valence-electron chi connectivity index (χ3n) is 8.93. The topological polar surface area (TPSA) is 268 Å². The molecule has 0 spiro atoms. The summed E-state index contributed by atoms with van der Waals surface area (Å²) in [5.41, 5.74) is 19.7. The first-order valence-electron chi connectivity index (χ1n) is 17.5. The molecule has 2 aliphatic rings. The third-order valence-corrected chi connectivity index (χ3v) is 14.7. The summed E-state index contributed by atoms with van der Waals surface area (Å²) in [5, 5.41) is 7.05. The van der Waals surface area contributed by atoms with Crippen LogP contribution in [-0.2, 0) is 30.8 Å². The minimum atomic E-state index is -3.15. The third kappa shape index (κ3) is 13.1. The number of piperidine rings is 2. The second-order valence-electron chi connectivity index (χ2n) is 13.2. The summed E-state index contributed by atoms with van der Waals surface area (Å²) in [6.07, 6.45) is 8.14. The largest absolute Gasteiger partial charge is 0.383 e. The Kier molecular flexibility index (Phi) is 17.4. The Bertz CT molecular complexity index is 2250. The zero-order valence-corrected chi connectivity index (χ0v) is 35.9. The van der Waals surface area contributed by atoms with Crippen LogP contribution >= 0.6 is 22.7 Å². The molecular weight excluding hydrogens is 833 g/mol. The maximum Gasteiger partial charge on any atom is 0.224 e. The molecule has 22 heteroatoms. The molecule has 4 aromatic heterocycles. The van der Waals surface area contributed by atoms with Gasteiger partial charge in [0.2, 0.25) is 42.7 Å². The van der Waals surface area contributed by atoms with E-state index in [-0.39, 0.29) is 59.0 Å². The van der Waals surface area contributed by atoms with Crippen molar-refractivity contribution >= 4 is 82.7 Å². The van der Waals surface area contributed by atoms with Gasteiger partial charge in [0.15, 0.2) is 0 Å². The van der Waals surface area contributed by atoms with Gasteiger partial charge in [-0.05, 0) is 73.6 Å². The highest BCUT2D eigenvalue weighted by atomic mass is 32.2. The summed E-state index contributed by atoms with van der Waals surface area (Å²) in [6.45, 7) is 7.59. The second kappa shape index (κ2) is 20.8. The Morgan fingerprint density at radius 3 is 1.63 bits per heavy atom. The van der Waals surface area contributed by atoms with E-state index in [9.17, 15) is 30.6 Å². The van der Waals surface area contributed by atoms with Gasteiger partial charge in [-0.15, -0.1) is 22.7 Å². The number of nitrogens with zero attached hydrogens (tertiary/aromatic N) is 6. The predicted molar refractivity (Wildman–Crippen MR) is 228 cm³/mol. The van der Waals surface area contributed by atoms with Gasteiger partial charge in [-0.25, -0.2) is 40.4 Å². The summed E-state index contributed by atoms with van der Waals surface area (Å²) in [7, 11) is -7.40. The van der Waals surface area contributed by atoms with E-state index in [1.165, 1.54) is 56.2 Å². The number of nitrogens with one attached hydrogen (secondary N) is 1. The van der Waals surface area contributed by atoms with Crippen molar-refractivity contribution < 1.29 is 30.6 Å². The number of thiophene rings is 2. The lowest BCUT2D eigenvalue weighted by atomic mass is 10.1. The summed E-state index contributed by atoms with van der Waals surface area (Å²) in [5.74, 6) is 0.594. The van der Waals surface area contributed by atoms with Crippen LogP contribution in [0.5, 0.6) is 0 Å². The Morgan fingerprint density at radius 2 is 1.25 bits per heavy atom. The van der Waals surface area contributed by atoms with Gasteiger partial charge in [-0.2, -0.15) is 4.98 Å². The molecule has 17 nitrogen and oxygen atoms in total. The number of aryl methyl sites for hydroxylation is 2. The zero-order chi connectivity index (χ0) is 41.4. The first-order valence-corrected chi connectivity index (χ1v) is 24.3. The van der Waals surface area contributed by atoms with Crippen LogP contribution in [0.4, 0.5) is 17.6 Å². The lowest BCUT2D eigenvalue weighted by Gasteiger charge is -2.30. The van der Waals surface area contributed by atoms with E-state index in [2.05, 4.69) is 25.3 Å². The molecule has 0 amide bonds. The highest BCUT2D eigenvalue weighted by molar-refractivity contribution is 7.88. The monoisotopic (exact) mass is 884 g/mol. The minimum Gasteiger partial charge on any atom is -0.383 e. The van der Waals surface area contributed by atoms with Gasteiger partial charge >= 0.3 is 0 Å². The van der Waals surface area contributed by atoms with Gasteiger partial charge in [0, 0.05) is 56.4 Å². The molecule has 1 unspecified atom stereocenters. The van der Waals surface area contributed by atoms with E-state index < -0.39 is 30.8 Å². The molecule has 0 radical (unpaired) electrons. The van der Waals surface area contributed by atoms with E-state index in [1.54, 1.807) is 6.92 Å². The SMILES string of the molecule is C.CCS(=O)c1ncc(C(=O)c2sccc2C)c(N)n1.CS(=O)(=O)N1CCC(N)CC1.Cc1ccsc1C(=O)c1cnc(NC2CCN(S(C)(=O)=O)CC2)nc1N. The van der Waals surface area contributed by atoms with Crippen LogP contribution in [0.3, 0.4) is 0 Å². The number of rotatable bonds is 10. The van der Waals surface area contributed by atoms with Crippen molar-refractivity contribution in [3.63, 3.8) is 0 Å². The summed E-state index contributed by atoms with van der Waals surface area (Å²) >= 11 is 2.72. The molecular formula is C35H52N10O7S5. The molecule has 6 rings (SSSR count). The van der Waals surface area contributed by atoms with Crippen molar-refractivity contribution in [1.82, 2.24) is 28.5 Å². The molecule has 2 fully saturated rings. The number of ketones is 2. The molecule has 0 bridgehead atoms. The molecule has 0 saturated carbocycles. The van der Waals surface area contributed by atoms with E-state index in [0.29, 0.717) is 60.5 Å². The smallest absolute Gasteiger partial charge is 0.224 e. The molecule has 2 saturated heterocycles. The van der Waals surface area contributed by atoms with Crippen LogP contribution in [0, 0.1) is 13.8 Å². The fourth-order valence-electron chi connectivity index (χ4n) is 5.61. The van der Waals surface area contributed by atoms with Crippen molar-refractivity contribution in [3.8, 4) is 0 Å². The zero-order valence-electron chi connectivity index (χ0n) is 31.8. The molecule has 57 heavy (non-hydrogen) atoms. The average molecular weight is 885 g/mol. The van der Waals surface area contributed by atoms with Crippen molar-refractivity contribution in [2.45, 2.75) is 71.1 Å². The summed E-state index contributed by atoms with van der Waals surface area (Å²) < 4.78 is 59.6. The highest BCUT2D eigenvalue weighted by Crippen LogP contribution is 2.24. The standard InChI is InChI=1S/C16H21N5O3S2.C12H13N3O2S2.C6H14N2O2S.CH4/c1-10-5-8-25-14(10)13(22)12-9-18-16(20-15(12)17)19-11-3-6-21(7-4-11)26(2,23)24;1-3-19(17)12-14-6-8(11(13)15-12)9(16)10-7(2)4-5-18-10;1-11(9,10)8-4-2-6(7)3-5-8;/h5,8-9,11H,3-4,6-7H2,1-2H3,(H3,17,18,19,20);4-6H,3H2,1-2H3,(H2,13,14,15);6H,2-5,7H2,1H3;1H4. The molecule has 0 aliphatic carbocycles. The van der Waals surface area contributed by atoms with Crippen molar-refractivity contribution in [1.29, 1.82) is 0 Å². The summed E-state index contributed by atoms with van der Waals surface area (Å²) in [4.78, 5) is 42.4. The second-order valence-corrected chi connectivity index (χ2v) is 20.6. The van der Waals surface area contributed by atoms with E-state index in [0.717, 1.165) is 24.0 Å². The average Bonchev–Trinajstić information content (AvgIpc) is 3.78. The maximum absolute atomic E-state index is 12.5. The van der Waals surface area contributed by atoms with Gasteiger partial charge in [-0.3, -0.25) is 13.8 Å². The maximum atomic E-state index is 12.5. The molecule has 4 aromatic rings. The lowest BCUT2D eigenvalue weighted by molar-refractivity contribution is 0.103. The van der Waals surface area contributed by atoms with Crippen LogP contribution in [0.15, 0.2) is 40.4 Å². The van der Waals surface area contributed by atoms with Gasteiger partial charge < -0.3 is 22.5 Å². The van der Waals surface area contributed by atoms with Crippen molar-refractivity contribution in [3.05, 3.63) is 67.3 Å². The van der Waals surface area contributed by atoms with E-state index >= 15 is 0 Å². The number of anilines is 3. The van der Waals surface area contributed by atoms with Crippen LogP contribution in [0.2, 0.25) is 0 Å². The number of sulfonamides is 2. The Hall–Kier alpha value is -3.77. The van der Waals surface area contributed by atoms with Crippen LogP contribution in [0.1, 0.15) is 81.6 Å². The number of aromatic nitrogens is 4. The van der Waals surface area contributed by atoms with Crippen molar-refractivity contribution in [2.24, 2.45) is 5.73 Å². The molecule has 7 N–H and O–H groups in total. The van der Waals surface area contributed by atoms with Gasteiger partial charge in [0.1, 0.15) is 11.6 Å². The normalized spacial score (nSPS) is 16.2. The molecule has 314 valence electrons. The Labute approximate surface area is 345 Å². The first kappa shape index (κ1) is 47.6. The van der Waals surface area contributed by atoms with Crippen LogP contribution < -0.4 is 22.5 Å². The summed E-state index contributed by atoms with van der Waals surface area (Å²) in [6, 6.07) is 4.00. The number of carbonyl (C=O) groups excluding carboxylic acids is 2. The minimum absolute atomic E-state index is 0. The van der Waals surface area contributed by atoms with Crippen LogP contribution in [-0.4, -0.2) is 118 Å². The quantitative estimate of drug-likeness (QED) is 0.132. The first-order chi connectivity index (χ1) is 26.3. The number of hydrogen-bond acceptors (Lipinski definition) is 17.